The molecule has 0 bridgehead atoms. The fraction of sp³-hybridized carbons (Fsp3) is 0.500. The number of hydrogen-bond acceptors (Lipinski definition) is 3. The molecule has 3 rings (SSSR count). The number of aliphatic carboxylic acids is 1. The fourth-order valence-electron chi connectivity index (χ4n) is 3.06. The Labute approximate surface area is 123 Å². The van der Waals surface area contributed by atoms with Gasteiger partial charge in [-0.3, -0.25) is 9.59 Å². The molecule has 0 spiro atoms. The molecule has 2 aliphatic rings. The number of carbonyl (C=O) groups is 2. The first kappa shape index (κ1) is 13.9. The normalized spacial score (nSPS) is 24.3. The summed E-state index contributed by atoms with van der Waals surface area (Å²) < 4.78 is 5.49. The van der Waals surface area contributed by atoms with Gasteiger partial charge in [0.2, 0.25) is 0 Å². The van der Waals surface area contributed by atoms with Crippen LogP contribution in [0.1, 0.15) is 23.7 Å². The molecule has 1 aromatic carbocycles. The molecule has 5 heteroatoms. The van der Waals surface area contributed by atoms with Crippen molar-refractivity contribution < 1.29 is 19.4 Å². The summed E-state index contributed by atoms with van der Waals surface area (Å²) in [7, 11) is 0. The number of likely N-dealkylation sites (tertiary alicyclic amines) is 1. The summed E-state index contributed by atoms with van der Waals surface area (Å²) in [6.07, 6.45) is 0.761. The molecule has 21 heavy (non-hydrogen) atoms. The van der Waals surface area contributed by atoms with Gasteiger partial charge in [-0.15, -0.1) is 0 Å². The highest BCUT2D eigenvalue weighted by Gasteiger charge is 2.52. The van der Waals surface area contributed by atoms with E-state index in [1.54, 1.807) is 17.0 Å². The zero-order valence-corrected chi connectivity index (χ0v) is 12.0. The second kappa shape index (κ2) is 5.39. The molecule has 5 nitrogen and oxygen atoms in total. The van der Waals surface area contributed by atoms with Crippen LogP contribution in [0.2, 0.25) is 0 Å². The van der Waals surface area contributed by atoms with E-state index in [1.807, 2.05) is 19.1 Å². The molecule has 1 aromatic rings. The zero-order valence-electron chi connectivity index (χ0n) is 12.0. The third-order valence-electron chi connectivity index (χ3n) is 4.38. The van der Waals surface area contributed by atoms with Crippen LogP contribution in [0.5, 0.6) is 5.75 Å². The zero-order chi connectivity index (χ0) is 15.0. The van der Waals surface area contributed by atoms with Crippen molar-refractivity contribution in [3.8, 4) is 5.75 Å². The summed E-state index contributed by atoms with van der Waals surface area (Å²) >= 11 is 0. The number of nitrogens with zero attached hydrogens (tertiary/aromatic N) is 1. The average molecular weight is 289 g/mol. The Morgan fingerprint density at radius 1 is 1.33 bits per heavy atom. The molecular formula is C16H19NO4. The number of carboxylic acids is 1. The summed E-state index contributed by atoms with van der Waals surface area (Å²) in [6, 6.07) is 7.25. The molecule has 1 saturated carbocycles. The van der Waals surface area contributed by atoms with E-state index in [9.17, 15) is 9.59 Å². The van der Waals surface area contributed by atoms with Crippen molar-refractivity contribution in [1.29, 1.82) is 0 Å². The van der Waals surface area contributed by atoms with Gasteiger partial charge in [-0.25, -0.2) is 0 Å². The van der Waals surface area contributed by atoms with Crippen LogP contribution >= 0.6 is 0 Å². The van der Waals surface area contributed by atoms with Crippen LogP contribution < -0.4 is 4.74 Å². The summed E-state index contributed by atoms with van der Waals surface area (Å²) in [6.45, 7) is 3.73. The molecule has 2 atom stereocenters. The largest absolute Gasteiger partial charge is 0.493 e. The molecule has 0 unspecified atom stereocenters. The second-order valence-corrected chi connectivity index (χ2v) is 5.74. The van der Waals surface area contributed by atoms with Crippen LogP contribution in [0, 0.1) is 17.8 Å². The van der Waals surface area contributed by atoms with Gasteiger partial charge < -0.3 is 14.7 Å². The van der Waals surface area contributed by atoms with Crippen molar-refractivity contribution in [2.45, 2.75) is 13.3 Å². The van der Waals surface area contributed by atoms with Gasteiger partial charge in [0.1, 0.15) is 5.75 Å². The van der Waals surface area contributed by atoms with E-state index < -0.39 is 5.97 Å². The smallest absolute Gasteiger partial charge is 0.306 e. The Balaban J connectivity index is 1.60. The predicted octanol–water partition coefficient (Wildman–Crippen LogP) is 1.88. The van der Waals surface area contributed by atoms with Crippen LogP contribution in [0.3, 0.4) is 0 Å². The summed E-state index contributed by atoms with van der Waals surface area (Å²) in [5.74, 6) is 0.295. The van der Waals surface area contributed by atoms with Crippen LogP contribution in [-0.2, 0) is 4.79 Å². The Hall–Kier alpha value is -2.04. The minimum atomic E-state index is -0.702. The summed E-state index contributed by atoms with van der Waals surface area (Å²) in [5.41, 5.74) is 0.586. The van der Waals surface area contributed by atoms with Crippen molar-refractivity contribution in [2.24, 2.45) is 17.8 Å². The Morgan fingerprint density at radius 3 is 2.67 bits per heavy atom. The Kier molecular flexibility index (Phi) is 3.57. The first-order valence-electron chi connectivity index (χ1n) is 7.35. The minimum absolute atomic E-state index is 0.0252. The van der Waals surface area contributed by atoms with Crippen molar-refractivity contribution in [1.82, 2.24) is 4.90 Å². The van der Waals surface area contributed by atoms with Gasteiger partial charge in [0, 0.05) is 13.1 Å². The Morgan fingerprint density at radius 2 is 2.05 bits per heavy atom. The van der Waals surface area contributed by atoms with Crippen molar-refractivity contribution in [3.05, 3.63) is 29.8 Å². The first-order valence-corrected chi connectivity index (χ1v) is 7.35. The van der Waals surface area contributed by atoms with Gasteiger partial charge in [-0.2, -0.15) is 0 Å². The quantitative estimate of drug-likeness (QED) is 0.898. The number of hydrogen-bond donors (Lipinski definition) is 1. The number of amides is 1. The highest BCUT2D eigenvalue weighted by molar-refractivity contribution is 5.97. The number of para-hydroxylation sites is 1. The number of rotatable bonds is 5. The van der Waals surface area contributed by atoms with Crippen LogP contribution in [0.15, 0.2) is 24.3 Å². The van der Waals surface area contributed by atoms with Crippen molar-refractivity contribution in [3.63, 3.8) is 0 Å². The van der Waals surface area contributed by atoms with E-state index in [1.165, 1.54) is 0 Å². The second-order valence-electron chi connectivity index (χ2n) is 5.74. The van der Waals surface area contributed by atoms with Gasteiger partial charge in [0.05, 0.1) is 18.1 Å². The Bertz CT molecular complexity index is 565. The third-order valence-corrected chi connectivity index (χ3v) is 4.38. The van der Waals surface area contributed by atoms with E-state index in [-0.39, 0.29) is 17.7 Å². The molecule has 0 aromatic heterocycles. The standard InChI is InChI=1S/C16H19NO4/c1-2-21-14-6-4-3-5-11(14)15(18)17-8-10(9-17)12-7-13(12)16(19)20/h3-6,10,12-13H,2,7-9H2,1H3,(H,19,20)/t12-,13+/m0/s1. The van der Waals surface area contributed by atoms with E-state index in [0.29, 0.717) is 36.9 Å². The topological polar surface area (TPSA) is 66.8 Å². The molecule has 1 heterocycles. The summed E-state index contributed by atoms with van der Waals surface area (Å²) in [5, 5.41) is 8.94. The SMILES string of the molecule is CCOc1ccccc1C(=O)N1CC([C@@H]2C[C@H]2C(=O)O)C1. The maximum atomic E-state index is 12.5. The predicted molar refractivity (Wildman–Crippen MR) is 76.2 cm³/mol. The molecule has 112 valence electrons. The van der Waals surface area contributed by atoms with Gasteiger partial charge in [0.15, 0.2) is 0 Å². The van der Waals surface area contributed by atoms with Gasteiger partial charge >= 0.3 is 5.97 Å². The maximum absolute atomic E-state index is 12.5. The van der Waals surface area contributed by atoms with Crippen LogP contribution in [-0.4, -0.2) is 41.6 Å². The molecule has 1 N–H and O–H groups in total. The van der Waals surface area contributed by atoms with Gasteiger partial charge in [-0.1, -0.05) is 12.1 Å². The first-order chi connectivity index (χ1) is 10.1. The monoisotopic (exact) mass is 289 g/mol. The highest BCUT2D eigenvalue weighted by Crippen LogP contribution is 2.47. The minimum Gasteiger partial charge on any atom is -0.493 e. The molecule has 1 aliphatic heterocycles. The van der Waals surface area contributed by atoms with Gasteiger partial charge in [-0.05, 0) is 37.3 Å². The average Bonchev–Trinajstić information content (AvgIpc) is 3.18. The number of carbonyl (C=O) groups excluding carboxylic acids is 1. The van der Waals surface area contributed by atoms with Crippen LogP contribution in [0.25, 0.3) is 0 Å². The lowest BCUT2D eigenvalue weighted by Crippen LogP contribution is -2.51. The fourth-order valence-corrected chi connectivity index (χ4v) is 3.06. The molecular weight excluding hydrogens is 270 g/mol. The number of ether oxygens (including phenoxy) is 1. The van der Waals surface area contributed by atoms with Gasteiger partial charge in [0.25, 0.3) is 5.91 Å². The summed E-state index contributed by atoms with van der Waals surface area (Å²) in [4.78, 5) is 25.1. The van der Waals surface area contributed by atoms with E-state index in [4.69, 9.17) is 9.84 Å². The van der Waals surface area contributed by atoms with E-state index >= 15 is 0 Å². The maximum Gasteiger partial charge on any atom is 0.306 e. The highest BCUT2D eigenvalue weighted by atomic mass is 16.5. The molecule has 1 amide bonds. The molecule has 1 aliphatic carbocycles. The molecule has 0 radical (unpaired) electrons. The van der Waals surface area contributed by atoms with Crippen molar-refractivity contribution in [2.75, 3.05) is 19.7 Å². The van der Waals surface area contributed by atoms with Crippen LogP contribution in [0.4, 0.5) is 0 Å². The molecule has 1 saturated heterocycles. The number of carboxylic acid groups (broad SMARTS) is 1. The lowest BCUT2D eigenvalue weighted by molar-refractivity contribution is -0.139. The molecule has 2 fully saturated rings. The van der Waals surface area contributed by atoms with E-state index in [2.05, 4.69) is 0 Å². The third kappa shape index (κ3) is 2.60. The van der Waals surface area contributed by atoms with E-state index in [0.717, 1.165) is 6.42 Å². The number of benzene rings is 1. The lowest BCUT2D eigenvalue weighted by atomic mass is 9.92. The lowest BCUT2D eigenvalue weighted by Gasteiger charge is -2.40. The van der Waals surface area contributed by atoms with Crippen molar-refractivity contribution >= 4 is 11.9 Å².